The molecule has 442 valence electrons. The number of aliphatic hydroxyl groups is 4. The molecule has 15 atom stereocenters. The topological polar surface area (TPSA) is 271 Å². The van der Waals surface area contributed by atoms with Gasteiger partial charge in [0, 0.05) is 49.8 Å². The molecule has 10 rings (SSSR count). The number of esters is 5. The average Bonchev–Trinajstić information content (AvgIpc) is 2.61. The summed E-state index contributed by atoms with van der Waals surface area (Å²) >= 11 is 0. The number of nitrogens with zero attached hydrogens (tertiary/aromatic N) is 1. The van der Waals surface area contributed by atoms with Gasteiger partial charge >= 0.3 is 29.8 Å². The smallest absolute Gasteiger partial charge is 0.338 e. The van der Waals surface area contributed by atoms with Crippen LogP contribution in [0.25, 0.3) is 0 Å². The van der Waals surface area contributed by atoms with Crippen molar-refractivity contribution >= 4 is 41.5 Å². The summed E-state index contributed by atoms with van der Waals surface area (Å²) in [5, 5.41) is 49.8. The van der Waals surface area contributed by atoms with Gasteiger partial charge in [-0.25, -0.2) is 9.59 Å². The number of carbonyl (C=O) groups excluding carboxylic acids is 7. The summed E-state index contributed by atoms with van der Waals surface area (Å²) in [5.74, 6) is -7.70. The zero-order valence-corrected chi connectivity index (χ0v) is 47.7. The molecule has 1 unspecified atom stereocenters. The fourth-order valence-corrected chi connectivity index (χ4v) is 13.9. The van der Waals surface area contributed by atoms with Gasteiger partial charge in [-0.2, -0.15) is 0 Å². The lowest BCUT2D eigenvalue weighted by Crippen LogP contribution is -2.82. The maximum Gasteiger partial charge on any atom is 0.338 e. The number of hydrogen-bond donors (Lipinski definition) is 5. The van der Waals surface area contributed by atoms with Gasteiger partial charge in [0.25, 0.3) is 5.91 Å². The largest absolute Gasteiger partial charge is 0.462 e. The summed E-state index contributed by atoms with van der Waals surface area (Å²) in [6.45, 7) is 7.77. The van der Waals surface area contributed by atoms with E-state index < -0.39 is 119 Å². The van der Waals surface area contributed by atoms with E-state index in [2.05, 4.69) is 17.3 Å². The molecule has 4 aromatic rings. The third kappa shape index (κ3) is 11.4. The Bertz CT molecular complexity index is 3070. The third-order valence-electron chi connectivity index (χ3n) is 18.5. The predicted molar refractivity (Wildman–Crippen MR) is 298 cm³/mol. The highest BCUT2D eigenvalue weighted by molar-refractivity contribution is 5.96. The molecule has 3 aliphatic carbocycles. The Morgan fingerprint density at radius 3 is 1.82 bits per heavy atom. The van der Waals surface area contributed by atoms with Crippen LogP contribution in [0.2, 0.25) is 0 Å². The Morgan fingerprint density at radius 2 is 1.29 bits per heavy atom. The van der Waals surface area contributed by atoms with Gasteiger partial charge in [0.05, 0.1) is 42.3 Å². The SMILES string of the molecule is CC(=O)O[C@H]1C(=O)[C@@]2(C)[C@H]([C@H](OC(=O)c3ccccc3)[C@]3(O)C[C@H](OC(=O)[C@H](O)[C@@H](NC(=O)c4ccccc4)c4ccccc4)C(C)=C1C3(C)C)[C@]1(OC(C)=O)CO[C@@H]1C[C@@H]2O.CN1[C@@H]2CC[C@H]1C[C@@H](OC(=O)C(CO)c1ccccc1)C2. The Kier molecular flexibility index (Phi) is 17.6. The molecular formula is C64H74N2O17. The van der Waals surface area contributed by atoms with E-state index in [0.717, 1.165) is 32.3 Å². The lowest BCUT2D eigenvalue weighted by atomic mass is 9.44. The minimum absolute atomic E-state index is 0.00289. The second-order valence-electron chi connectivity index (χ2n) is 23.6. The second-order valence-corrected chi connectivity index (χ2v) is 23.6. The lowest BCUT2D eigenvalue weighted by Gasteiger charge is -2.67. The van der Waals surface area contributed by atoms with Crippen molar-refractivity contribution in [2.45, 2.75) is 158 Å². The van der Waals surface area contributed by atoms with Crippen LogP contribution in [0.5, 0.6) is 0 Å². The number of ketones is 1. The highest BCUT2D eigenvalue weighted by Gasteiger charge is 2.78. The van der Waals surface area contributed by atoms with Crippen LogP contribution < -0.4 is 5.32 Å². The van der Waals surface area contributed by atoms with Gasteiger partial charge in [-0.05, 0) is 93.1 Å². The monoisotopic (exact) mass is 1140 g/mol. The Hall–Kier alpha value is -7.13. The standard InChI is InChI=1S/C47H51NO14.C17H23NO3/c1-25-31(60-43(56)36(52)35(28-16-10-7-11-17-28)48-41(54)29-18-12-8-13-19-29)23-47(57)40(61-42(55)30-20-14-9-15-21-30)38-45(6,32(51)22-33-46(38,24-58-33)62-27(3)50)39(53)37(59-26(2)49)34(25)44(47,4)5;1-18-13-7-8-14(18)10-15(9-13)21-17(20)16(11-19)12-5-3-2-4-6-12/h7-21,31-33,35-38,40,51-52,57H,22-24H2,1-6H3,(H,48,54);2-6,13-16,19H,7-11H2,1H3/t31-,32-,33+,35-,36+,37+,38-,40-,45+,46-,47+;13-,14+,15+,16?/m0./s1. The minimum Gasteiger partial charge on any atom is -0.462 e. The van der Waals surface area contributed by atoms with E-state index >= 15 is 4.79 Å². The number of piperidine rings is 1. The number of Topliss-reactive ketones (excluding diaryl/α,β-unsaturated/α-hetero) is 1. The number of aliphatic hydroxyl groups excluding tert-OH is 3. The molecule has 4 bridgehead atoms. The third-order valence-corrected chi connectivity index (χ3v) is 18.5. The van der Waals surface area contributed by atoms with Crippen LogP contribution in [-0.4, -0.2) is 153 Å². The Labute approximate surface area is 482 Å². The van der Waals surface area contributed by atoms with Gasteiger partial charge in [0.1, 0.15) is 35.9 Å². The molecule has 5 N–H and O–H groups in total. The van der Waals surface area contributed by atoms with E-state index in [-0.39, 0.29) is 54.0 Å². The van der Waals surface area contributed by atoms with E-state index in [1.807, 2.05) is 30.3 Å². The zero-order valence-electron chi connectivity index (χ0n) is 47.7. The van der Waals surface area contributed by atoms with Crippen LogP contribution >= 0.6 is 0 Å². The number of fused-ring (bicyclic) bond motifs is 7. The van der Waals surface area contributed by atoms with Gasteiger partial charge in [-0.3, -0.25) is 24.0 Å². The molecule has 2 saturated carbocycles. The highest BCUT2D eigenvalue weighted by atomic mass is 16.6. The number of ether oxygens (including phenoxy) is 6. The van der Waals surface area contributed by atoms with Gasteiger partial charge in [-0.1, -0.05) is 111 Å². The minimum atomic E-state index is -2.39. The number of nitrogens with one attached hydrogen (secondary N) is 1. The summed E-state index contributed by atoms with van der Waals surface area (Å²) in [6.07, 6.45) is -6.25. The quantitative estimate of drug-likeness (QED) is 0.0578. The van der Waals surface area contributed by atoms with Crippen molar-refractivity contribution in [3.05, 3.63) is 155 Å². The van der Waals surface area contributed by atoms with Crippen LogP contribution in [0.1, 0.15) is 124 Å². The Balaban J connectivity index is 0.000000328. The van der Waals surface area contributed by atoms with Gasteiger partial charge in [0.2, 0.25) is 0 Å². The van der Waals surface area contributed by atoms with Crippen molar-refractivity contribution < 1.29 is 82.4 Å². The highest BCUT2D eigenvalue weighted by Crippen LogP contribution is 2.64. The first kappa shape index (κ1) is 60.5. The van der Waals surface area contributed by atoms with Crippen LogP contribution in [0, 0.1) is 16.7 Å². The van der Waals surface area contributed by atoms with E-state index in [0.29, 0.717) is 17.6 Å². The first-order valence-corrected chi connectivity index (χ1v) is 28.2. The molecule has 3 saturated heterocycles. The molecule has 1 amide bonds. The molecule has 0 spiro atoms. The van der Waals surface area contributed by atoms with E-state index in [1.165, 1.54) is 38.8 Å². The summed E-state index contributed by atoms with van der Waals surface area (Å²) in [4.78, 5) is 98.2. The molecular weight excluding hydrogens is 1070 g/mol. The first-order valence-electron chi connectivity index (χ1n) is 28.2. The summed E-state index contributed by atoms with van der Waals surface area (Å²) in [7, 11) is 2.17. The lowest BCUT2D eigenvalue weighted by molar-refractivity contribution is -0.346. The maximum absolute atomic E-state index is 15.5. The molecule has 6 aliphatic rings. The normalized spacial score (nSPS) is 31.4. The summed E-state index contributed by atoms with van der Waals surface area (Å²) in [5.41, 5.74) is -6.20. The van der Waals surface area contributed by atoms with Crippen molar-refractivity contribution in [1.82, 2.24) is 10.2 Å². The second kappa shape index (κ2) is 24.2. The van der Waals surface area contributed by atoms with Crippen LogP contribution in [0.15, 0.2) is 132 Å². The number of rotatable bonds is 14. The molecule has 3 aliphatic heterocycles. The fourth-order valence-electron chi connectivity index (χ4n) is 13.9. The van der Waals surface area contributed by atoms with Crippen molar-refractivity contribution in [3.63, 3.8) is 0 Å². The summed E-state index contributed by atoms with van der Waals surface area (Å²) < 4.78 is 36.0. The van der Waals surface area contributed by atoms with E-state index in [9.17, 15) is 49.2 Å². The Morgan fingerprint density at radius 1 is 0.735 bits per heavy atom. The number of carbonyl (C=O) groups is 7. The van der Waals surface area contributed by atoms with Gasteiger partial charge in [0.15, 0.2) is 23.6 Å². The molecule has 5 fully saturated rings. The van der Waals surface area contributed by atoms with E-state index in [1.54, 1.807) is 92.7 Å². The van der Waals surface area contributed by atoms with Gasteiger partial charge in [-0.15, -0.1) is 0 Å². The van der Waals surface area contributed by atoms with Crippen LogP contribution in [0.3, 0.4) is 0 Å². The molecule has 4 aromatic carbocycles. The average molecular weight is 1140 g/mol. The van der Waals surface area contributed by atoms with Crippen molar-refractivity contribution in [2.24, 2.45) is 16.7 Å². The molecule has 3 heterocycles. The fraction of sp³-hybridized carbons (Fsp3) is 0.484. The zero-order chi connectivity index (χ0) is 59.8. The van der Waals surface area contributed by atoms with Crippen LogP contribution in [-0.2, 0) is 52.4 Å². The van der Waals surface area contributed by atoms with Crippen LogP contribution in [0.4, 0.5) is 0 Å². The van der Waals surface area contributed by atoms with Crippen molar-refractivity contribution in [2.75, 3.05) is 20.3 Å². The maximum atomic E-state index is 15.5. The first-order chi connectivity index (χ1) is 39.5. The number of benzene rings is 4. The molecule has 19 heteroatoms. The summed E-state index contributed by atoms with van der Waals surface area (Å²) in [6, 6.07) is 33.4. The van der Waals surface area contributed by atoms with E-state index in [4.69, 9.17) is 28.4 Å². The molecule has 0 aromatic heterocycles. The number of hydrogen-bond acceptors (Lipinski definition) is 18. The predicted octanol–water partition coefficient (Wildman–Crippen LogP) is 5.67. The van der Waals surface area contributed by atoms with Crippen molar-refractivity contribution in [1.29, 1.82) is 0 Å². The number of amides is 1. The van der Waals surface area contributed by atoms with Gasteiger partial charge < -0.3 is 59.1 Å². The van der Waals surface area contributed by atoms with Crippen molar-refractivity contribution in [3.8, 4) is 0 Å². The molecule has 83 heavy (non-hydrogen) atoms. The molecule has 19 nitrogen and oxygen atoms in total. The molecule has 0 radical (unpaired) electrons.